The smallest absolute Gasteiger partial charge is 0.234 e. The van der Waals surface area contributed by atoms with Gasteiger partial charge in [-0.2, -0.15) is 0 Å². The van der Waals surface area contributed by atoms with E-state index in [9.17, 15) is 4.79 Å². The lowest BCUT2D eigenvalue weighted by molar-refractivity contribution is -0.113. The van der Waals surface area contributed by atoms with Crippen molar-refractivity contribution >= 4 is 23.4 Å². The van der Waals surface area contributed by atoms with Crippen molar-refractivity contribution in [2.24, 2.45) is 0 Å². The fraction of sp³-hybridized carbons (Fsp3) is 0.238. The van der Waals surface area contributed by atoms with Gasteiger partial charge in [-0.25, -0.2) is 0 Å². The molecule has 1 aliphatic carbocycles. The molecule has 0 saturated carbocycles. The Labute approximate surface area is 157 Å². The van der Waals surface area contributed by atoms with E-state index in [1.807, 2.05) is 19.9 Å². The summed E-state index contributed by atoms with van der Waals surface area (Å²) in [5, 5.41) is 6.95. The first-order valence-corrected chi connectivity index (χ1v) is 9.78. The molecule has 0 fully saturated rings. The van der Waals surface area contributed by atoms with E-state index < -0.39 is 0 Å². The highest BCUT2D eigenvalue weighted by Crippen LogP contribution is 2.37. The van der Waals surface area contributed by atoms with Gasteiger partial charge in [-0.1, -0.05) is 35.5 Å². The third-order valence-electron chi connectivity index (χ3n) is 4.74. The van der Waals surface area contributed by atoms with Crippen molar-refractivity contribution in [3.63, 3.8) is 0 Å². The summed E-state index contributed by atoms with van der Waals surface area (Å²) in [6.45, 7) is 3.83. The van der Waals surface area contributed by atoms with Crippen molar-refractivity contribution < 1.29 is 9.32 Å². The third kappa shape index (κ3) is 3.27. The summed E-state index contributed by atoms with van der Waals surface area (Å²) in [6, 6.07) is 14.6. The second-order valence-electron chi connectivity index (χ2n) is 6.55. The molecule has 1 aromatic heterocycles. The molecule has 0 unspecified atom stereocenters. The summed E-state index contributed by atoms with van der Waals surface area (Å²) in [7, 11) is 0. The zero-order valence-electron chi connectivity index (χ0n) is 14.8. The fourth-order valence-electron chi connectivity index (χ4n) is 3.37. The number of rotatable bonds is 5. The van der Waals surface area contributed by atoms with Gasteiger partial charge in [0.1, 0.15) is 5.76 Å². The maximum atomic E-state index is 12.3. The highest BCUT2D eigenvalue weighted by atomic mass is 32.2. The molecule has 5 heteroatoms. The molecule has 0 aliphatic heterocycles. The van der Waals surface area contributed by atoms with Gasteiger partial charge in [-0.3, -0.25) is 4.79 Å². The largest absolute Gasteiger partial charge is 0.361 e. The molecule has 4 nitrogen and oxygen atoms in total. The number of nitrogens with one attached hydrogen (secondary N) is 1. The van der Waals surface area contributed by atoms with Crippen molar-refractivity contribution in [2.75, 3.05) is 11.1 Å². The Morgan fingerprint density at radius 3 is 2.77 bits per heavy atom. The van der Waals surface area contributed by atoms with Gasteiger partial charge in [0.15, 0.2) is 0 Å². The Balaban J connectivity index is 1.36. The average Bonchev–Trinajstić information content (AvgIpc) is 3.15. The number of hydrogen-bond donors (Lipinski definition) is 1. The molecule has 0 bridgehead atoms. The Morgan fingerprint density at radius 2 is 1.96 bits per heavy atom. The highest BCUT2D eigenvalue weighted by molar-refractivity contribution is 7.99. The van der Waals surface area contributed by atoms with E-state index in [1.54, 1.807) is 11.8 Å². The van der Waals surface area contributed by atoms with Crippen LogP contribution in [0.4, 0.5) is 5.69 Å². The number of carbonyl (C=O) groups excluding carboxylic acids is 1. The van der Waals surface area contributed by atoms with E-state index >= 15 is 0 Å². The minimum atomic E-state index is 0.0113. The molecule has 132 valence electrons. The van der Waals surface area contributed by atoms with E-state index in [0.29, 0.717) is 5.75 Å². The van der Waals surface area contributed by atoms with Crippen LogP contribution in [0.25, 0.3) is 11.1 Å². The quantitative estimate of drug-likeness (QED) is 0.556. The van der Waals surface area contributed by atoms with Gasteiger partial charge in [-0.05, 0) is 54.7 Å². The molecular weight excluding hydrogens is 344 g/mol. The Bertz CT molecular complexity index is 958. The van der Waals surface area contributed by atoms with Gasteiger partial charge in [0.05, 0.1) is 11.4 Å². The number of nitrogens with zero attached hydrogens (tertiary/aromatic N) is 1. The third-order valence-corrected chi connectivity index (χ3v) is 5.70. The van der Waals surface area contributed by atoms with E-state index in [0.717, 1.165) is 34.9 Å². The van der Waals surface area contributed by atoms with Gasteiger partial charge >= 0.3 is 0 Å². The summed E-state index contributed by atoms with van der Waals surface area (Å²) in [5.41, 5.74) is 8.03. The number of anilines is 1. The highest BCUT2D eigenvalue weighted by Gasteiger charge is 2.18. The number of hydrogen-bond acceptors (Lipinski definition) is 4. The molecule has 1 heterocycles. The first-order chi connectivity index (χ1) is 12.6. The molecule has 2 aromatic carbocycles. The van der Waals surface area contributed by atoms with Crippen molar-refractivity contribution in [3.05, 3.63) is 70.6 Å². The van der Waals surface area contributed by atoms with Crippen LogP contribution < -0.4 is 5.32 Å². The maximum absolute atomic E-state index is 12.3. The van der Waals surface area contributed by atoms with Crippen LogP contribution >= 0.6 is 11.8 Å². The first-order valence-electron chi connectivity index (χ1n) is 8.62. The van der Waals surface area contributed by atoms with Crippen molar-refractivity contribution in [3.8, 4) is 11.1 Å². The molecule has 1 amide bonds. The van der Waals surface area contributed by atoms with E-state index in [4.69, 9.17) is 4.52 Å². The Morgan fingerprint density at radius 1 is 1.15 bits per heavy atom. The molecule has 1 N–H and O–H groups in total. The van der Waals surface area contributed by atoms with Crippen molar-refractivity contribution in [2.45, 2.75) is 26.0 Å². The maximum Gasteiger partial charge on any atom is 0.234 e. The normalized spacial score (nSPS) is 11.9. The molecule has 0 atom stereocenters. The number of amides is 1. The molecule has 0 spiro atoms. The number of thioether (sulfide) groups is 1. The summed E-state index contributed by atoms with van der Waals surface area (Å²) >= 11 is 1.57. The molecule has 1 aliphatic rings. The summed E-state index contributed by atoms with van der Waals surface area (Å²) in [5.74, 6) is 1.97. The van der Waals surface area contributed by atoms with E-state index in [1.165, 1.54) is 22.3 Å². The Kier molecular flexibility index (Phi) is 4.55. The number of fused-ring (bicyclic) bond motifs is 3. The number of carbonyl (C=O) groups is 1. The number of benzene rings is 2. The van der Waals surface area contributed by atoms with Gasteiger partial charge < -0.3 is 9.84 Å². The summed E-state index contributed by atoms with van der Waals surface area (Å²) in [6.07, 6.45) is 0.927. The summed E-state index contributed by atoms with van der Waals surface area (Å²) < 4.78 is 5.15. The van der Waals surface area contributed by atoms with Crippen LogP contribution in [-0.2, 0) is 17.0 Å². The Hall–Kier alpha value is -2.53. The molecule has 0 radical (unpaired) electrons. The zero-order chi connectivity index (χ0) is 18.1. The van der Waals surface area contributed by atoms with E-state index in [2.05, 4.69) is 46.9 Å². The van der Waals surface area contributed by atoms with Crippen LogP contribution in [0.1, 0.15) is 28.1 Å². The average molecular weight is 364 g/mol. The lowest BCUT2D eigenvalue weighted by Gasteiger charge is -2.08. The van der Waals surface area contributed by atoms with Crippen molar-refractivity contribution in [1.82, 2.24) is 5.16 Å². The standard InChI is InChI=1S/C21H20N2O2S/c1-13-20(14(2)25-23-13)11-26-12-21(24)22-17-7-8-19-16(10-17)9-15-5-3-4-6-18(15)19/h3-8,10H,9,11-12H2,1-2H3,(H,22,24). The minimum Gasteiger partial charge on any atom is -0.361 e. The zero-order valence-corrected chi connectivity index (χ0v) is 15.7. The number of aromatic nitrogens is 1. The van der Waals surface area contributed by atoms with Crippen LogP contribution in [0, 0.1) is 13.8 Å². The van der Waals surface area contributed by atoms with Crippen LogP contribution in [0.3, 0.4) is 0 Å². The van der Waals surface area contributed by atoms with Gasteiger partial charge in [-0.15, -0.1) is 11.8 Å². The van der Waals surface area contributed by atoms with Gasteiger partial charge in [0.25, 0.3) is 0 Å². The topological polar surface area (TPSA) is 55.1 Å². The van der Waals surface area contributed by atoms with Crippen LogP contribution in [0.2, 0.25) is 0 Å². The second-order valence-corrected chi connectivity index (χ2v) is 7.54. The fourth-order valence-corrected chi connectivity index (χ4v) is 4.35. The summed E-state index contributed by atoms with van der Waals surface area (Å²) in [4.78, 5) is 12.3. The lowest BCUT2D eigenvalue weighted by atomic mass is 10.1. The first kappa shape index (κ1) is 16.9. The van der Waals surface area contributed by atoms with Gasteiger partial charge in [0.2, 0.25) is 5.91 Å². The number of aryl methyl sites for hydroxylation is 2. The SMILES string of the molecule is Cc1noc(C)c1CSCC(=O)Nc1ccc2c(c1)Cc1ccccc1-2. The molecule has 26 heavy (non-hydrogen) atoms. The molecule has 0 saturated heterocycles. The van der Waals surface area contributed by atoms with Crippen LogP contribution in [0.5, 0.6) is 0 Å². The predicted molar refractivity (Wildman–Crippen MR) is 105 cm³/mol. The predicted octanol–water partition coefficient (Wildman–Crippen LogP) is 4.73. The van der Waals surface area contributed by atoms with Gasteiger partial charge in [0, 0.05) is 17.0 Å². The van der Waals surface area contributed by atoms with Crippen LogP contribution in [-0.4, -0.2) is 16.8 Å². The van der Waals surface area contributed by atoms with E-state index in [-0.39, 0.29) is 5.91 Å². The second kappa shape index (κ2) is 7.00. The van der Waals surface area contributed by atoms with Crippen molar-refractivity contribution in [1.29, 1.82) is 0 Å². The van der Waals surface area contributed by atoms with Crippen LogP contribution in [0.15, 0.2) is 47.0 Å². The molecule has 3 aromatic rings. The monoisotopic (exact) mass is 364 g/mol. The molecule has 4 rings (SSSR count). The minimum absolute atomic E-state index is 0.0113. The molecular formula is C21H20N2O2S. The lowest BCUT2D eigenvalue weighted by Crippen LogP contribution is -2.14.